The summed E-state index contributed by atoms with van der Waals surface area (Å²) >= 11 is 0. The van der Waals surface area contributed by atoms with Crippen LogP contribution in [0.3, 0.4) is 0 Å². The van der Waals surface area contributed by atoms with Crippen molar-refractivity contribution in [3.63, 3.8) is 0 Å². The Hall–Kier alpha value is -1.71. The number of amides is 1. The minimum Gasteiger partial charge on any atom is -0.507 e. The van der Waals surface area contributed by atoms with Gasteiger partial charge in [0.15, 0.2) is 0 Å². The molecule has 0 unspecified atom stereocenters. The lowest BCUT2D eigenvalue weighted by molar-refractivity contribution is 0.0709. The molecule has 4 nitrogen and oxygen atoms in total. The van der Waals surface area contributed by atoms with Gasteiger partial charge in [-0.15, -0.1) is 0 Å². The minimum absolute atomic E-state index is 0.0104. The molecule has 1 aromatic carbocycles. The van der Waals surface area contributed by atoms with E-state index in [0.29, 0.717) is 24.9 Å². The third kappa shape index (κ3) is 4.16. The van der Waals surface area contributed by atoms with Gasteiger partial charge >= 0.3 is 0 Å². The van der Waals surface area contributed by atoms with Crippen molar-refractivity contribution in [1.82, 2.24) is 4.90 Å². The quantitative estimate of drug-likeness (QED) is 0.860. The average molecular weight is 265 g/mol. The Bertz CT molecular complexity index is 411. The van der Waals surface area contributed by atoms with Crippen LogP contribution in [0.25, 0.3) is 0 Å². The molecule has 0 atom stereocenters. The van der Waals surface area contributed by atoms with Gasteiger partial charge in [-0.2, -0.15) is 0 Å². The predicted molar refractivity (Wildman–Crippen MR) is 75.4 cm³/mol. The van der Waals surface area contributed by atoms with E-state index in [1.165, 1.54) is 18.2 Å². The van der Waals surface area contributed by atoms with Crippen molar-refractivity contribution in [2.24, 2.45) is 11.8 Å². The highest BCUT2D eigenvalue weighted by Gasteiger charge is 2.23. The fourth-order valence-electron chi connectivity index (χ4n) is 2.03. The Kier molecular flexibility index (Phi) is 5.21. The summed E-state index contributed by atoms with van der Waals surface area (Å²) in [5, 5.41) is 19.5. The molecule has 4 heteroatoms. The summed E-state index contributed by atoms with van der Waals surface area (Å²) in [6.45, 7) is 9.34. The molecule has 1 rings (SSSR count). The van der Waals surface area contributed by atoms with Gasteiger partial charge in [0.25, 0.3) is 5.91 Å². The van der Waals surface area contributed by atoms with E-state index in [1.54, 1.807) is 4.90 Å². The number of rotatable bonds is 5. The molecule has 0 aromatic heterocycles. The topological polar surface area (TPSA) is 60.8 Å². The highest BCUT2D eigenvalue weighted by molar-refractivity contribution is 5.99. The molecule has 106 valence electrons. The van der Waals surface area contributed by atoms with Crippen molar-refractivity contribution in [2.45, 2.75) is 27.7 Å². The molecule has 0 bridgehead atoms. The standard InChI is InChI=1S/C15H23NO3/c1-10(2)8-16(9-11(3)4)15(19)14-12(17)6-5-7-13(14)18/h5-7,10-11,17-18H,8-9H2,1-4H3. The van der Waals surface area contributed by atoms with E-state index in [1.807, 2.05) is 27.7 Å². The molecule has 0 aliphatic carbocycles. The van der Waals surface area contributed by atoms with Crippen LogP contribution >= 0.6 is 0 Å². The van der Waals surface area contributed by atoms with E-state index in [0.717, 1.165) is 0 Å². The summed E-state index contributed by atoms with van der Waals surface area (Å²) in [5.41, 5.74) is -0.0104. The first-order chi connectivity index (χ1) is 8.82. The highest BCUT2D eigenvalue weighted by Crippen LogP contribution is 2.28. The van der Waals surface area contributed by atoms with Gasteiger partial charge in [0.1, 0.15) is 17.1 Å². The van der Waals surface area contributed by atoms with Crippen LogP contribution < -0.4 is 0 Å². The number of phenols is 2. The first-order valence-electron chi connectivity index (χ1n) is 6.63. The van der Waals surface area contributed by atoms with Gasteiger partial charge in [-0.25, -0.2) is 0 Å². The molecule has 2 N–H and O–H groups in total. The Morgan fingerprint density at radius 2 is 1.47 bits per heavy atom. The van der Waals surface area contributed by atoms with Gasteiger partial charge in [-0.1, -0.05) is 33.8 Å². The number of carbonyl (C=O) groups is 1. The Balaban J connectivity index is 3.04. The van der Waals surface area contributed by atoms with Gasteiger partial charge in [-0.05, 0) is 24.0 Å². The van der Waals surface area contributed by atoms with E-state index in [4.69, 9.17) is 0 Å². The largest absolute Gasteiger partial charge is 0.507 e. The Morgan fingerprint density at radius 3 is 1.84 bits per heavy atom. The highest BCUT2D eigenvalue weighted by atomic mass is 16.3. The van der Waals surface area contributed by atoms with E-state index in [-0.39, 0.29) is 23.0 Å². The fourth-order valence-corrected chi connectivity index (χ4v) is 2.03. The van der Waals surface area contributed by atoms with Crippen molar-refractivity contribution >= 4 is 5.91 Å². The summed E-state index contributed by atoms with van der Waals surface area (Å²) in [6.07, 6.45) is 0. The number of benzene rings is 1. The molecule has 0 aliphatic rings. The Morgan fingerprint density at radius 1 is 1.05 bits per heavy atom. The molecule has 0 saturated heterocycles. The van der Waals surface area contributed by atoms with Gasteiger partial charge in [0.05, 0.1) is 0 Å². The van der Waals surface area contributed by atoms with Crippen LogP contribution in [0.4, 0.5) is 0 Å². The molecule has 1 amide bonds. The van der Waals surface area contributed by atoms with Crippen LogP contribution in [0.5, 0.6) is 11.5 Å². The SMILES string of the molecule is CC(C)CN(CC(C)C)C(=O)c1c(O)cccc1O. The molecule has 0 aliphatic heterocycles. The number of nitrogens with zero attached hydrogens (tertiary/aromatic N) is 1. The maximum Gasteiger partial charge on any atom is 0.261 e. The molecular formula is C15H23NO3. The van der Waals surface area contributed by atoms with Crippen molar-refractivity contribution in [3.8, 4) is 11.5 Å². The van der Waals surface area contributed by atoms with Crippen LogP contribution in [-0.2, 0) is 0 Å². The monoisotopic (exact) mass is 265 g/mol. The summed E-state index contributed by atoms with van der Waals surface area (Å²) in [6, 6.07) is 4.34. The fraction of sp³-hybridized carbons (Fsp3) is 0.533. The molecular weight excluding hydrogens is 242 g/mol. The van der Waals surface area contributed by atoms with E-state index in [2.05, 4.69) is 0 Å². The van der Waals surface area contributed by atoms with Crippen LogP contribution in [0.2, 0.25) is 0 Å². The van der Waals surface area contributed by atoms with Crippen molar-refractivity contribution in [1.29, 1.82) is 0 Å². The number of hydrogen-bond donors (Lipinski definition) is 2. The molecule has 1 aromatic rings. The second kappa shape index (κ2) is 6.45. The lowest BCUT2D eigenvalue weighted by Gasteiger charge is -2.27. The second-order valence-corrected chi connectivity index (χ2v) is 5.67. The van der Waals surface area contributed by atoms with Gasteiger partial charge in [-0.3, -0.25) is 4.79 Å². The van der Waals surface area contributed by atoms with Crippen molar-refractivity contribution in [3.05, 3.63) is 23.8 Å². The molecule has 0 saturated carbocycles. The number of hydrogen-bond acceptors (Lipinski definition) is 3. The van der Waals surface area contributed by atoms with Crippen LogP contribution in [-0.4, -0.2) is 34.1 Å². The molecule has 0 radical (unpaired) electrons. The summed E-state index contributed by atoms with van der Waals surface area (Å²) in [4.78, 5) is 14.1. The van der Waals surface area contributed by atoms with Crippen molar-refractivity contribution in [2.75, 3.05) is 13.1 Å². The number of aromatic hydroxyl groups is 2. The summed E-state index contributed by atoms with van der Waals surface area (Å²) in [5.74, 6) is -0.0191. The molecule has 0 spiro atoms. The lowest BCUT2D eigenvalue weighted by atomic mass is 10.1. The van der Waals surface area contributed by atoms with Gasteiger partial charge in [0.2, 0.25) is 0 Å². The zero-order chi connectivity index (χ0) is 14.6. The first kappa shape index (κ1) is 15.3. The molecule has 19 heavy (non-hydrogen) atoms. The normalized spacial score (nSPS) is 11.1. The summed E-state index contributed by atoms with van der Waals surface area (Å²) in [7, 11) is 0. The van der Waals surface area contributed by atoms with Crippen LogP contribution in [0.15, 0.2) is 18.2 Å². The number of phenolic OH excluding ortho intramolecular Hbond substituents is 2. The average Bonchev–Trinajstić information content (AvgIpc) is 2.26. The van der Waals surface area contributed by atoms with E-state index in [9.17, 15) is 15.0 Å². The lowest BCUT2D eigenvalue weighted by Crippen LogP contribution is -2.37. The zero-order valence-electron chi connectivity index (χ0n) is 12.1. The third-order valence-electron chi connectivity index (χ3n) is 2.69. The van der Waals surface area contributed by atoms with E-state index >= 15 is 0 Å². The minimum atomic E-state index is -0.321. The maximum absolute atomic E-state index is 12.5. The maximum atomic E-state index is 12.5. The van der Waals surface area contributed by atoms with Gasteiger partial charge in [0, 0.05) is 13.1 Å². The summed E-state index contributed by atoms with van der Waals surface area (Å²) < 4.78 is 0. The van der Waals surface area contributed by atoms with Crippen LogP contribution in [0.1, 0.15) is 38.1 Å². The third-order valence-corrected chi connectivity index (χ3v) is 2.69. The zero-order valence-corrected chi connectivity index (χ0v) is 12.1. The van der Waals surface area contributed by atoms with E-state index < -0.39 is 0 Å². The molecule has 0 heterocycles. The molecule has 0 fully saturated rings. The van der Waals surface area contributed by atoms with Gasteiger partial charge < -0.3 is 15.1 Å². The first-order valence-corrected chi connectivity index (χ1v) is 6.63. The van der Waals surface area contributed by atoms with Crippen LogP contribution in [0, 0.1) is 11.8 Å². The second-order valence-electron chi connectivity index (χ2n) is 5.67. The predicted octanol–water partition coefficient (Wildman–Crippen LogP) is 2.85. The van der Waals surface area contributed by atoms with Crippen molar-refractivity contribution < 1.29 is 15.0 Å². The smallest absolute Gasteiger partial charge is 0.261 e. The Labute approximate surface area is 114 Å². The number of carbonyl (C=O) groups excluding carboxylic acids is 1.